The van der Waals surface area contributed by atoms with E-state index in [1.165, 1.54) is 69.6 Å². The molecule has 1 N–H and O–H groups in total. The summed E-state index contributed by atoms with van der Waals surface area (Å²) in [5.41, 5.74) is 6.95. The fourth-order valence-corrected chi connectivity index (χ4v) is 7.51. The number of fused-ring (bicyclic) bond motifs is 5. The number of aromatic nitrogens is 1. The molecule has 2 aromatic carbocycles. The van der Waals surface area contributed by atoms with Crippen LogP contribution in [0.15, 0.2) is 41.4 Å². The molecule has 0 amide bonds. The third kappa shape index (κ3) is 2.76. The predicted octanol–water partition coefficient (Wildman–Crippen LogP) is 3.14. The van der Waals surface area contributed by atoms with E-state index in [2.05, 4.69) is 46.3 Å². The number of nitrogens with zero attached hydrogens (tertiary/aromatic N) is 3. The average molecular weight is 448 g/mol. The van der Waals surface area contributed by atoms with Gasteiger partial charge in [-0.2, -0.15) is 0 Å². The molecule has 6 rings (SSSR count). The number of hydrogen-bond acceptors (Lipinski definition) is 4. The molecule has 0 atom stereocenters. The van der Waals surface area contributed by atoms with Crippen molar-refractivity contribution in [2.75, 3.05) is 31.1 Å². The zero-order chi connectivity index (χ0) is 19.4. The second-order valence-electron chi connectivity index (χ2n) is 8.01. The van der Waals surface area contributed by atoms with E-state index in [9.17, 15) is 5.11 Å². The van der Waals surface area contributed by atoms with Crippen LogP contribution in [0.2, 0.25) is 0 Å². The summed E-state index contributed by atoms with van der Waals surface area (Å²) in [5, 5.41) is 12.6. The van der Waals surface area contributed by atoms with Gasteiger partial charge in [0.05, 0.1) is 0 Å². The molecule has 0 spiro atoms. The summed E-state index contributed by atoms with van der Waals surface area (Å²) in [6.07, 6.45) is 4.87. The van der Waals surface area contributed by atoms with Crippen molar-refractivity contribution >= 4 is 40.7 Å². The molecule has 146 valence electrons. The van der Waals surface area contributed by atoms with Gasteiger partial charge in [-0.1, -0.05) is 0 Å². The van der Waals surface area contributed by atoms with Crippen LogP contribution in [0, 0.1) is 0 Å². The van der Waals surface area contributed by atoms with Crippen LogP contribution in [0.3, 0.4) is 0 Å². The Bertz CT molecular complexity index is 1290. The van der Waals surface area contributed by atoms with Crippen LogP contribution in [0.1, 0.15) is 24.0 Å². The zero-order valence-electron chi connectivity index (χ0n) is 16.3. The topological polar surface area (TPSA) is 48.7 Å². The molecule has 4 nitrogen and oxygen atoms in total. The second kappa shape index (κ2) is 6.94. The van der Waals surface area contributed by atoms with Gasteiger partial charge in [0.1, 0.15) is 0 Å². The predicted molar refractivity (Wildman–Crippen MR) is 119 cm³/mol. The van der Waals surface area contributed by atoms with Crippen molar-refractivity contribution in [3.63, 3.8) is 0 Å². The van der Waals surface area contributed by atoms with E-state index < -0.39 is 0 Å². The van der Waals surface area contributed by atoms with Crippen molar-refractivity contribution in [2.24, 2.45) is 4.99 Å². The summed E-state index contributed by atoms with van der Waals surface area (Å²) in [6.45, 7) is 2.93. The Hall–Kier alpha value is -2.20. The Kier molecular flexibility index (Phi) is 4.22. The van der Waals surface area contributed by atoms with E-state index >= 15 is 0 Å². The summed E-state index contributed by atoms with van der Waals surface area (Å²) < 4.78 is 2.81. The molecule has 5 heteroatoms. The van der Waals surface area contributed by atoms with Gasteiger partial charge in [-0.25, -0.2) is 0 Å². The van der Waals surface area contributed by atoms with E-state index in [1.54, 1.807) is 5.56 Å². The molecule has 29 heavy (non-hydrogen) atoms. The summed E-state index contributed by atoms with van der Waals surface area (Å²) in [5.74, 6) is 0. The van der Waals surface area contributed by atoms with Gasteiger partial charge in [-0.15, -0.1) is 0 Å². The molecule has 0 saturated heterocycles. The van der Waals surface area contributed by atoms with Crippen molar-refractivity contribution < 1.29 is 5.11 Å². The SMILES string of the molecule is OCCN=c1cc2[se]c3c4c5c(cc3nc-2c2ccccc12)CCCN5CCC4. The van der Waals surface area contributed by atoms with Gasteiger partial charge in [-0.3, -0.25) is 0 Å². The summed E-state index contributed by atoms with van der Waals surface area (Å²) in [4.78, 5) is 12.5. The molecule has 0 unspecified atom stereocenters. The standard InChI is InChI=1S/C24H23N3OSe/c28-12-9-25-19-14-21-22(17-7-2-1-6-16(17)19)26-20-13-15-5-3-10-27-11-4-8-18(23(15)27)24(20)29-21/h1-2,6-7,13-14,28H,3-5,8-12H2. The minimum atomic E-state index is 0.0792. The van der Waals surface area contributed by atoms with E-state index in [0.717, 1.165) is 16.4 Å². The number of aliphatic hydroxyl groups excluding tert-OH is 1. The van der Waals surface area contributed by atoms with Crippen LogP contribution >= 0.6 is 0 Å². The summed E-state index contributed by atoms with van der Waals surface area (Å²) >= 11 is 0.227. The number of aliphatic hydroxyl groups is 1. The Balaban J connectivity index is 1.72. The molecule has 4 aliphatic rings. The molecule has 0 bridgehead atoms. The molecule has 3 aliphatic heterocycles. The first kappa shape index (κ1) is 17.6. The fraction of sp³-hybridized carbons (Fsp3) is 0.333. The van der Waals surface area contributed by atoms with E-state index in [1.807, 2.05) is 0 Å². The van der Waals surface area contributed by atoms with Gasteiger partial charge in [0.25, 0.3) is 0 Å². The maximum absolute atomic E-state index is 9.27. The number of rotatable bonds is 2. The number of aryl methyl sites for hydroxylation is 2. The molecular weight excluding hydrogens is 425 g/mol. The Labute approximate surface area is 175 Å². The van der Waals surface area contributed by atoms with Gasteiger partial charge in [0.15, 0.2) is 0 Å². The number of benzene rings is 3. The Morgan fingerprint density at radius 1 is 1.07 bits per heavy atom. The van der Waals surface area contributed by atoms with Crippen LogP contribution in [-0.4, -0.2) is 50.8 Å². The van der Waals surface area contributed by atoms with Crippen LogP contribution in [0.25, 0.3) is 30.7 Å². The quantitative estimate of drug-likeness (QED) is 0.291. The number of anilines is 1. The minimum absolute atomic E-state index is 0.0792. The van der Waals surface area contributed by atoms with E-state index in [4.69, 9.17) is 4.98 Å². The Morgan fingerprint density at radius 3 is 2.76 bits per heavy atom. The summed E-state index contributed by atoms with van der Waals surface area (Å²) in [7, 11) is 0. The van der Waals surface area contributed by atoms with Crippen LogP contribution < -0.4 is 10.3 Å². The van der Waals surface area contributed by atoms with Crippen molar-refractivity contribution in [1.29, 1.82) is 0 Å². The normalized spacial score (nSPS) is 16.7. The fourth-order valence-electron chi connectivity index (χ4n) is 5.05. The molecule has 0 saturated carbocycles. The van der Waals surface area contributed by atoms with Crippen molar-refractivity contribution in [2.45, 2.75) is 25.7 Å². The summed E-state index contributed by atoms with van der Waals surface area (Å²) in [6, 6.07) is 13.1. The average Bonchev–Trinajstić information content (AvgIpc) is 2.77. The first-order chi connectivity index (χ1) is 14.3. The maximum atomic E-state index is 9.27. The number of hydrogen-bond donors (Lipinski definition) is 1. The zero-order valence-corrected chi connectivity index (χ0v) is 18.0. The van der Waals surface area contributed by atoms with Gasteiger partial charge < -0.3 is 0 Å². The van der Waals surface area contributed by atoms with Crippen molar-refractivity contribution in [1.82, 2.24) is 4.98 Å². The third-order valence-electron chi connectivity index (χ3n) is 6.24. The second-order valence-corrected chi connectivity index (χ2v) is 10.2. The first-order valence-corrected chi connectivity index (χ1v) is 12.2. The van der Waals surface area contributed by atoms with Crippen LogP contribution in [0.5, 0.6) is 0 Å². The molecule has 2 aromatic rings. The van der Waals surface area contributed by atoms with Crippen molar-refractivity contribution in [3.05, 3.63) is 52.9 Å². The monoisotopic (exact) mass is 449 g/mol. The third-order valence-corrected chi connectivity index (χ3v) is 8.74. The van der Waals surface area contributed by atoms with Crippen LogP contribution in [0.4, 0.5) is 5.69 Å². The van der Waals surface area contributed by atoms with E-state index in [-0.39, 0.29) is 21.1 Å². The van der Waals surface area contributed by atoms with Gasteiger partial charge in [-0.05, 0) is 0 Å². The van der Waals surface area contributed by atoms with Crippen molar-refractivity contribution in [3.8, 4) is 10.1 Å². The molecule has 3 heterocycles. The van der Waals surface area contributed by atoms with Gasteiger partial charge in [0.2, 0.25) is 0 Å². The molecule has 0 aromatic heterocycles. The van der Waals surface area contributed by atoms with Crippen LogP contribution in [-0.2, 0) is 12.8 Å². The molecular formula is C24H23N3OSe. The Morgan fingerprint density at radius 2 is 1.90 bits per heavy atom. The first-order valence-electron chi connectivity index (χ1n) is 10.5. The van der Waals surface area contributed by atoms with Gasteiger partial charge >= 0.3 is 176 Å². The molecule has 1 aliphatic carbocycles. The van der Waals surface area contributed by atoms with E-state index in [0.29, 0.717) is 6.54 Å². The molecule has 0 fully saturated rings. The molecule has 0 radical (unpaired) electrons. The van der Waals surface area contributed by atoms with Gasteiger partial charge in [0, 0.05) is 0 Å².